The molecule has 0 fully saturated rings. The molecular formula is C22H21N3O2. The van der Waals surface area contributed by atoms with Crippen LogP contribution in [0.5, 0.6) is 0 Å². The van der Waals surface area contributed by atoms with Gasteiger partial charge in [0.25, 0.3) is 11.8 Å². The average Bonchev–Trinajstić information content (AvgIpc) is 2.64. The average molecular weight is 359 g/mol. The predicted octanol–water partition coefficient (Wildman–Crippen LogP) is 4.51. The van der Waals surface area contributed by atoms with Gasteiger partial charge in [-0.25, -0.2) is 0 Å². The number of hydrogen-bond acceptors (Lipinski definition) is 3. The zero-order valence-electron chi connectivity index (χ0n) is 15.5. The second-order valence-corrected chi connectivity index (χ2v) is 6.53. The van der Waals surface area contributed by atoms with Gasteiger partial charge in [-0.15, -0.1) is 0 Å². The molecule has 0 atom stereocenters. The smallest absolute Gasteiger partial charge is 0.274 e. The Morgan fingerprint density at radius 3 is 2.33 bits per heavy atom. The Hall–Kier alpha value is -3.47. The molecular weight excluding hydrogens is 338 g/mol. The Morgan fingerprint density at radius 1 is 0.815 bits per heavy atom. The summed E-state index contributed by atoms with van der Waals surface area (Å²) in [5.74, 6) is -0.643. The van der Waals surface area contributed by atoms with Crippen molar-refractivity contribution in [1.29, 1.82) is 0 Å². The van der Waals surface area contributed by atoms with Gasteiger partial charge in [0.15, 0.2) is 0 Å². The number of amides is 2. The first-order valence-corrected chi connectivity index (χ1v) is 8.65. The van der Waals surface area contributed by atoms with Crippen molar-refractivity contribution in [3.05, 3.63) is 88.7 Å². The molecule has 0 unspecified atom stereocenters. The van der Waals surface area contributed by atoms with Crippen LogP contribution in [0.15, 0.2) is 60.8 Å². The zero-order valence-corrected chi connectivity index (χ0v) is 15.5. The van der Waals surface area contributed by atoms with Crippen molar-refractivity contribution >= 4 is 23.2 Å². The highest BCUT2D eigenvalue weighted by molar-refractivity contribution is 6.08. The first-order chi connectivity index (χ1) is 12.9. The van der Waals surface area contributed by atoms with E-state index in [1.54, 1.807) is 6.07 Å². The van der Waals surface area contributed by atoms with Crippen molar-refractivity contribution in [2.24, 2.45) is 0 Å². The summed E-state index contributed by atoms with van der Waals surface area (Å²) in [7, 11) is 0. The standard InChI is InChI=1S/C22H21N3O2/c1-14-5-4-6-18(12-14)24-21(26)17-9-10-23-20(13-17)22(27)25-19-8-7-15(2)11-16(19)3/h4-13H,1-3H3,(H,24,26)(H,25,27). The number of hydrogen-bond donors (Lipinski definition) is 2. The number of nitrogens with zero attached hydrogens (tertiary/aromatic N) is 1. The fraction of sp³-hybridized carbons (Fsp3) is 0.136. The van der Waals surface area contributed by atoms with Crippen LogP contribution in [0.3, 0.4) is 0 Å². The summed E-state index contributed by atoms with van der Waals surface area (Å²) in [6.07, 6.45) is 1.46. The third kappa shape index (κ3) is 4.58. The number of aromatic nitrogens is 1. The van der Waals surface area contributed by atoms with E-state index in [2.05, 4.69) is 15.6 Å². The number of carbonyl (C=O) groups is 2. The molecule has 3 aromatic rings. The molecule has 136 valence electrons. The van der Waals surface area contributed by atoms with Crippen LogP contribution in [0.1, 0.15) is 37.5 Å². The third-order valence-electron chi connectivity index (χ3n) is 4.16. The molecule has 5 heteroatoms. The van der Waals surface area contributed by atoms with Crippen LogP contribution in [0.4, 0.5) is 11.4 Å². The highest BCUT2D eigenvalue weighted by Gasteiger charge is 2.13. The zero-order chi connectivity index (χ0) is 19.4. The molecule has 2 N–H and O–H groups in total. The van der Waals surface area contributed by atoms with Gasteiger partial charge in [0.1, 0.15) is 5.69 Å². The van der Waals surface area contributed by atoms with Crippen LogP contribution in [0, 0.1) is 20.8 Å². The molecule has 0 aliphatic heterocycles. The summed E-state index contributed by atoms with van der Waals surface area (Å²) < 4.78 is 0. The van der Waals surface area contributed by atoms with Gasteiger partial charge in [0, 0.05) is 23.1 Å². The SMILES string of the molecule is Cc1cccc(NC(=O)c2ccnc(C(=O)Nc3ccc(C)cc3C)c2)c1. The maximum absolute atomic E-state index is 12.5. The first kappa shape index (κ1) is 18.3. The lowest BCUT2D eigenvalue weighted by atomic mass is 10.1. The second kappa shape index (κ2) is 7.83. The number of rotatable bonds is 4. The van der Waals surface area contributed by atoms with Crippen LogP contribution in [0.2, 0.25) is 0 Å². The number of nitrogens with one attached hydrogen (secondary N) is 2. The molecule has 0 saturated heterocycles. The molecule has 27 heavy (non-hydrogen) atoms. The van der Waals surface area contributed by atoms with Gasteiger partial charge in [-0.05, 0) is 62.2 Å². The van der Waals surface area contributed by atoms with E-state index in [0.717, 1.165) is 22.4 Å². The number of benzene rings is 2. The molecule has 0 aliphatic carbocycles. The van der Waals surface area contributed by atoms with Crippen LogP contribution >= 0.6 is 0 Å². The number of carbonyl (C=O) groups excluding carboxylic acids is 2. The van der Waals surface area contributed by atoms with Crippen molar-refractivity contribution in [3.63, 3.8) is 0 Å². The Bertz CT molecular complexity index is 1010. The van der Waals surface area contributed by atoms with Gasteiger partial charge in [0.05, 0.1) is 0 Å². The Labute approximate surface area is 158 Å². The van der Waals surface area contributed by atoms with E-state index in [9.17, 15) is 9.59 Å². The fourth-order valence-electron chi connectivity index (χ4n) is 2.76. The van der Waals surface area contributed by atoms with Crippen molar-refractivity contribution in [3.8, 4) is 0 Å². The lowest BCUT2D eigenvalue weighted by Crippen LogP contribution is -2.17. The highest BCUT2D eigenvalue weighted by Crippen LogP contribution is 2.17. The van der Waals surface area contributed by atoms with Gasteiger partial charge in [-0.1, -0.05) is 29.8 Å². The van der Waals surface area contributed by atoms with Crippen molar-refractivity contribution in [2.75, 3.05) is 10.6 Å². The summed E-state index contributed by atoms with van der Waals surface area (Å²) in [6.45, 7) is 5.88. The Kier molecular flexibility index (Phi) is 5.31. The molecule has 2 aromatic carbocycles. The molecule has 1 heterocycles. The summed E-state index contributed by atoms with van der Waals surface area (Å²) >= 11 is 0. The highest BCUT2D eigenvalue weighted by atomic mass is 16.2. The minimum absolute atomic E-state index is 0.187. The number of aryl methyl sites for hydroxylation is 3. The molecule has 0 aliphatic rings. The lowest BCUT2D eigenvalue weighted by molar-refractivity contribution is 0.102. The largest absolute Gasteiger partial charge is 0.322 e. The van der Waals surface area contributed by atoms with E-state index < -0.39 is 0 Å². The minimum Gasteiger partial charge on any atom is -0.322 e. The van der Waals surface area contributed by atoms with Crippen molar-refractivity contribution in [1.82, 2.24) is 4.98 Å². The fourth-order valence-corrected chi connectivity index (χ4v) is 2.76. The van der Waals surface area contributed by atoms with Crippen LogP contribution in [-0.2, 0) is 0 Å². The maximum Gasteiger partial charge on any atom is 0.274 e. The third-order valence-corrected chi connectivity index (χ3v) is 4.16. The molecule has 5 nitrogen and oxygen atoms in total. The number of pyridine rings is 1. The molecule has 3 rings (SSSR count). The van der Waals surface area contributed by atoms with Crippen LogP contribution in [0.25, 0.3) is 0 Å². The molecule has 0 radical (unpaired) electrons. The van der Waals surface area contributed by atoms with Crippen LogP contribution < -0.4 is 10.6 Å². The second-order valence-electron chi connectivity index (χ2n) is 6.53. The Morgan fingerprint density at radius 2 is 1.59 bits per heavy atom. The summed E-state index contributed by atoms with van der Waals surface area (Å²) in [5, 5.41) is 5.68. The van der Waals surface area contributed by atoms with E-state index >= 15 is 0 Å². The topological polar surface area (TPSA) is 71.1 Å². The van der Waals surface area contributed by atoms with Crippen LogP contribution in [-0.4, -0.2) is 16.8 Å². The van der Waals surface area contributed by atoms with E-state index in [4.69, 9.17) is 0 Å². The van der Waals surface area contributed by atoms with E-state index in [1.807, 2.05) is 63.2 Å². The van der Waals surface area contributed by atoms with Crippen molar-refractivity contribution < 1.29 is 9.59 Å². The summed E-state index contributed by atoms with van der Waals surface area (Å²) in [5.41, 5.74) is 5.13. The molecule has 1 aromatic heterocycles. The first-order valence-electron chi connectivity index (χ1n) is 8.65. The molecule has 0 spiro atoms. The quantitative estimate of drug-likeness (QED) is 0.720. The van der Waals surface area contributed by atoms with E-state index in [1.165, 1.54) is 12.3 Å². The van der Waals surface area contributed by atoms with Crippen molar-refractivity contribution in [2.45, 2.75) is 20.8 Å². The van der Waals surface area contributed by atoms with E-state index in [0.29, 0.717) is 11.3 Å². The number of anilines is 2. The lowest BCUT2D eigenvalue weighted by Gasteiger charge is -2.10. The predicted molar refractivity (Wildman–Crippen MR) is 107 cm³/mol. The van der Waals surface area contributed by atoms with Gasteiger partial charge in [0.2, 0.25) is 0 Å². The molecule has 0 saturated carbocycles. The summed E-state index contributed by atoms with van der Waals surface area (Å²) in [4.78, 5) is 29.1. The maximum atomic E-state index is 12.5. The Balaban J connectivity index is 1.76. The minimum atomic E-state index is -0.354. The normalized spacial score (nSPS) is 10.3. The van der Waals surface area contributed by atoms with Gasteiger partial charge < -0.3 is 10.6 Å². The van der Waals surface area contributed by atoms with Gasteiger partial charge in [-0.2, -0.15) is 0 Å². The molecule has 2 amide bonds. The molecule has 0 bridgehead atoms. The van der Waals surface area contributed by atoms with E-state index in [-0.39, 0.29) is 17.5 Å². The van der Waals surface area contributed by atoms with Gasteiger partial charge >= 0.3 is 0 Å². The summed E-state index contributed by atoms with van der Waals surface area (Å²) in [6, 6.07) is 16.4. The monoisotopic (exact) mass is 359 g/mol. The van der Waals surface area contributed by atoms with Gasteiger partial charge in [-0.3, -0.25) is 14.6 Å².